The second-order valence-electron chi connectivity index (χ2n) is 7.64. The minimum absolute atomic E-state index is 0.0408. The molecule has 3 N–H and O–H groups in total. The lowest BCUT2D eigenvalue weighted by Gasteiger charge is -2.19. The van der Waals surface area contributed by atoms with Crippen LogP contribution in [0.1, 0.15) is 38.1 Å². The van der Waals surface area contributed by atoms with Crippen LogP contribution in [0.25, 0.3) is 0 Å². The molecule has 0 bridgehead atoms. The Labute approximate surface area is 179 Å². The van der Waals surface area contributed by atoms with Crippen molar-refractivity contribution in [2.45, 2.75) is 45.1 Å². The Morgan fingerprint density at radius 2 is 1.71 bits per heavy atom. The predicted octanol–water partition coefficient (Wildman–Crippen LogP) is 2.93. The van der Waals surface area contributed by atoms with E-state index < -0.39 is 34.2 Å². The molecule has 0 aliphatic heterocycles. The van der Waals surface area contributed by atoms with Crippen molar-refractivity contribution < 1.29 is 26.7 Å². The van der Waals surface area contributed by atoms with Gasteiger partial charge in [-0.15, -0.1) is 0 Å². The molecule has 2 aromatic rings. The first-order chi connectivity index (χ1) is 14.4. The highest BCUT2D eigenvalue weighted by molar-refractivity contribution is 7.91. The number of sulfonamides is 1. The molecule has 0 radical (unpaired) electrons. The van der Waals surface area contributed by atoms with Gasteiger partial charge in [-0.25, -0.2) is 21.6 Å². The quantitative estimate of drug-likeness (QED) is 0.471. The van der Waals surface area contributed by atoms with E-state index in [1.54, 1.807) is 0 Å². The number of halogens is 3. The van der Waals surface area contributed by atoms with Crippen LogP contribution >= 0.6 is 0 Å². The van der Waals surface area contributed by atoms with Crippen LogP contribution in [-0.2, 0) is 22.4 Å². The van der Waals surface area contributed by atoms with E-state index >= 15 is 0 Å². The highest BCUT2D eigenvalue weighted by Crippen LogP contribution is 2.32. The van der Waals surface area contributed by atoms with Crippen molar-refractivity contribution in [3.05, 3.63) is 41.5 Å². The van der Waals surface area contributed by atoms with E-state index in [1.165, 1.54) is 0 Å². The van der Waals surface area contributed by atoms with E-state index in [-0.39, 0.29) is 42.2 Å². The Morgan fingerprint density at radius 1 is 1.10 bits per heavy atom. The monoisotopic (exact) mass is 461 g/mol. The van der Waals surface area contributed by atoms with Crippen LogP contribution in [0.3, 0.4) is 0 Å². The smallest absolute Gasteiger partial charge is 0.273 e. The van der Waals surface area contributed by atoms with Crippen LogP contribution in [0.15, 0.2) is 24.3 Å². The van der Waals surface area contributed by atoms with Crippen LogP contribution < -0.4 is 10.0 Å². The molecule has 31 heavy (non-hydrogen) atoms. The van der Waals surface area contributed by atoms with E-state index in [4.69, 9.17) is 0 Å². The van der Waals surface area contributed by atoms with Gasteiger partial charge in [-0.3, -0.25) is 4.72 Å². The maximum absolute atomic E-state index is 14.5. The summed E-state index contributed by atoms with van der Waals surface area (Å²) >= 11 is 0. The summed E-state index contributed by atoms with van der Waals surface area (Å²) in [7, 11) is -3.72. The Bertz CT molecular complexity index is 972. The number of nitrogens with zero attached hydrogens (tertiary/aromatic N) is 3. The lowest BCUT2D eigenvalue weighted by molar-refractivity contribution is -0.0135. The van der Waals surface area contributed by atoms with Crippen molar-refractivity contribution in [2.24, 2.45) is 5.92 Å². The van der Waals surface area contributed by atoms with Gasteiger partial charge in [0.2, 0.25) is 21.9 Å². The first kappa shape index (κ1) is 24.8. The van der Waals surface area contributed by atoms with E-state index in [2.05, 4.69) is 25.0 Å². The standard InChI is InChI=1S/C19H26F3N5O3S/c1-12(2)10-15(11-28)23-17-24-16(25-18(26-17)27-31(3,29)30)8-9-19(21,22)13-4-6-14(20)7-5-13/h4-7,12,15,28H,8-11H2,1-3H3,(H2,23,24,25,26,27). The van der Waals surface area contributed by atoms with Gasteiger partial charge in [-0.05, 0) is 24.5 Å². The molecular weight excluding hydrogens is 435 g/mol. The zero-order chi connectivity index (χ0) is 23.2. The summed E-state index contributed by atoms with van der Waals surface area (Å²) < 4.78 is 67.2. The number of nitrogens with one attached hydrogen (secondary N) is 2. The van der Waals surface area contributed by atoms with Crippen LogP contribution in [0, 0.1) is 11.7 Å². The second kappa shape index (κ2) is 10.2. The number of anilines is 2. The van der Waals surface area contributed by atoms with Gasteiger partial charge in [0, 0.05) is 18.4 Å². The third kappa shape index (κ3) is 8.29. The lowest BCUT2D eigenvalue weighted by atomic mass is 10.0. The van der Waals surface area contributed by atoms with E-state index in [0.29, 0.717) is 6.42 Å². The molecule has 0 aliphatic carbocycles. The average molecular weight is 462 g/mol. The molecule has 1 aromatic carbocycles. The molecule has 1 unspecified atom stereocenters. The molecule has 0 aliphatic rings. The van der Waals surface area contributed by atoms with Crippen molar-refractivity contribution >= 4 is 21.9 Å². The summed E-state index contributed by atoms with van der Waals surface area (Å²) in [6.45, 7) is 3.69. The summed E-state index contributed by atoms with van der Waals surface area (Å²) in [5.41, 5.74) is -0.354. The predicted molar refractivity (Wildman–Crippen MR) is 111 cm³/mol. The average Bonchev–Trinajstić information content (AvgIpc) is 2.64. The summed E-state index contributed by atoms with van der Waals surface area (Å²) in [5.74, 6) is -4.07. The third-order valence-electron chi connectivity index (χ3n) is 4.20. The number of benzene rings is 1. The molecule has 1 aromatic heterocycles. The maximum atomic E-state index is 14.5. The van der Waals surface area contributed by atoms with Gasteiger partial charge >= 0.3 is 0 Å². The first-order valence-corrected chi connectivity index (χ1v) is 11.5. The summed E-state index contributed by atoms with van der Waals surface area (Å²) in [6.07, 6.45) is 0.500. The van der Waals surface area contributed by atoms with Crippen molar-refractivity contribution in [3.8, 4) is 0 Å². The van der Waals surface area contributed by atoms with Crippen LogP contribution in [0.5, 0.6) is 0 Å². The highest BCUT2D eigenvalue weighted by Gasteiger charge is 2.31. The van der Waals surface area contributed by atoms with Crippen molar-refractivity contribution in [1.82, 2.24) is 15.0 Å². The second-order valence-corrected chi connectivity index (χ2v) is 9.39. The topological polar surface area (TPSA) is 117 Å². The minimum atomic E-state index is -3.72. The molecule has 12 heteroatoms. The first-order valence-electron chi connectivity index (χ1n) is 9.62. The normalized spacial score (nSPS) is 13.3. The minimum Gasteiger partial charge on any atom is -0.394 e. The number of aromatic nitrogens is 3. The molecule has 0 saturated heterocycles. The Balaban J connectivity index is 2.25. The van der Waals surface area contributed by atoms with Crippen molar-refractivity contribution in [2.75, 3.05) is 22.9 Å². The van der Waals surface area contributed by atoms with Gasteiger partial charge in [0.1, 0.15) is 11.6 Å². The third-order valence-corrected chi connectivity index (χ3v) is 4.75. The lowest BCUT2D eigenvalue weighted by Crippen LogP contribution is -2.27. The molecule has 2 rings (SSSR count). The number of rotatable bonds is 11. The van der Waals surface area contributed by atoms with Gasteiger partial charge in [-0.1, -0.05) is 26.0 Å². The molecule has 1 heterocycles. The largest absolute Gasteiger partial charge is 0.394 e. The number of hydrogen-bond acceptors (Lipinski definition) is 7. The molecule has 0 saturated carbocycles. The van der Waals surface area contributed by atoms with Crippen LogP contribution in [0.4, 0.5) is 25.1 Å². The highest BCUT2D eigenvalue weighted by atomic mass is 32.2. The number of aryl methyl sites for hydroxylation is 1. The van der Waals surface area contributed by atoms with Gasteiger partial charge in [0.05, 0.1) is 18.9 Å². The molecule has 172 valence electrons. The van der Waals surface area contributed by atoms with Crippen molar-refractivity contribution in [1.29, 1.82) is 0 Å². The summed E-state index contributed by atoms with van der Waals surface area (Å²) in [4.78, 5) is 12.0. The fraction of sp³-hybridized carbons (Fsp3) is 0.526. The SMILES string of the molecule is CC(C)CC(CO)Nc1nc(CCC(F)(F)c2ccc(F)cc2)nc(NS(C)(=O)=O)n1. The van der Waals surface area contributed by atoms with Gasteiger partial charge in [-0.2, -0.15) is 15.0 Å². The molecular formula is C19H26F3N5O3S. The zero-order valence-electron chi connectivity index (χ0n) is 17.4. The van der Waals surface area contributed by atoms with Gasteiger partial charge in [0.15, 0.2) is 0 Å². The fourth-order valence-corrected chi connectivity index (χ4v) is 3.27. The van der Waals surface area contributed by atoms with E-state index in [0.717, 1.165) is 30.5 Å². The number of aliphatic hydroxyl groups is 1. The fourth-order valence-electron chi connectivity index (χ4n) is 2.85. The van der Waals surface area contributed by atoms with Crippen LogP contribution in [0.2, 0.25) is 0 Å². The summed E-state index contributed by atoms with van der Waals surface area (Å²) in [6, 6.07) is 3.49. The zero-order valence-corrected chi connectivity index (χ0v) is 18.3. The molecule has 0 fully saturated rings. The van der Waals surface area contributed by atoms with E-state index in [9.17, 15) is 26.7 Å². The van der Waals surface area contributed by atoms with Gasteiger partial charge < -0.3 is 10.4 Å². The Kier molecular flexibility index (Phi) is 8.18. The molecule has 0 amide bonds. The number of alkyl halides is 2. The van der Waals surface area contributed by atoms with Gasteiger partial charge in [0.25, 0.3) is 5.92 Å². The molecule has 0 spiro atoms. The Hall–Kier alpha value is -2.47. The van der Waals surface area contributed by atoms with Crippen molar-refractivity contribution in [3.63, 3.8) is 0 Å². The van der Waals surface area contributed by atoms with E-state index in [1.807, 2.05) is 13.8 Å². The molecule has 8 nitrogen and oxygen atoms in total. The van der Waals surface area contributed by atoms with Crippen LogP contribution in [-0.4, -0.2) is 47.4 Å². The number of aliphatic hydroxyl groups excluding tert-OH is 1. The Morgan fingerprint density at radius 3 is 2.26 bits per heavy atom. The maximum Gasteiger partial charge on any atom is 0.273 e. The number of hydrogen-bond donors (Lipinski definition) is 3. The molecule has 1 atom stereocenters. The summed E-state index contributed by atoms with van der Waals surface area (Å²) in [5, 5.41) is 12.4.